The Bertz CT molecular complexity index is 665. The van der Waals surface area contributed by atoms with Crippen LogP contribution in [0.15, 0.2) is 36.4 Å². The molecule has 0 spiro atoms. The molecule has 1 unspecified atom stereocenters. The lowest BCUT2D eigenvalue weighted by Gasteiger charge is -2.19. The Kier molecular flexibility index (Phi) is 4.30. The van der Waals surface area contributed by atoms with Crippen molar-refractivity contribution in [2.24, 2.45) is 0 Å². The quantitative estimate of drug-likeness (QED) is 0.821. The van der Waals surface area contributed by atoms with Crippen LogP contribution in [0.25, 0.3) is 0 Å². The molecule has 0 heterocycles. The van der Waals surface area contributed by atoms with Gasteiger partial charge in [0.2, 0.25) is 0 Å². The summed E-state index contributed by atoms with van der Waals surface area (Å²) >= 11 is 6.07. The molecule has 1 N–H and O–H groups in total. The van der Waals surface area contributed by atoms with Crippen LogP contribution in [0.3, 0.4) is 0 Å². The highest BCUT2D eigenvalue weighted by molar-refractivity contribution is 6.31. The number of halogens is 4. The van der Waals surface area contributed by atoms with E-state index in [4.69, 9.17) is 11.6 Å². The molecule has 0 aliphatic heterocycles. The van der Waals surface area contributed by atoms with E-state index in [0.29, 0.717) is 0 Å². The van der Waals surface area contributed by atoms with Crippen molar-refractivity contribution in [1.29, 1.82) is 0 Å². The zero-order valence-corrected chi connectivity index (χ0v) is 12.3. The number of aliphatic hydroxyl groups excluding tert-OH is 1. The summed E-state index contributed by atoms with van der Waals surface area (Å²) in [6.07, 6.45) is -5.95. The van der Waals surface area contributed by atoms with E-state index < -0.39 is 17.8 Å². The number of aryl methyl sites for hydroxylation is 2. The standard InChI is InChI=1S/C16H14ClF3O/c1-9-7-12(14(17)8-10(9)2)15(21)11-5-3-4-6-13(11)16(18,19)20/h3-8,15,21H,1-2H3. The smallest absolute Gasteiger partial charge is 0.384 e. The molecule has 0 radical (unpaired) electrons. The van der Waals surface area contributed by atoms with Crippen molar-refractivity contribution in [2.75, 3.05) is 0 Å². The number of aliphatic hydroxyl groups is 1. The lowest BCUT2D eigenvalue weighted by molar-refractivity contribution is -0.139. The molecular weight excluding hydrogens is 301 g/mol. The molecule has 1 nitrogen and oxygen atoms in total. The van der Waals surface area contributed by atoms with Gasteiger partial charge in [-0.25, -0.2) is 0 Å². The van der Waals surface area contributed by atoms with Gasteiger partial charge in [0.1, 0.15) is 6.10 Å². The highest BCUT2D eigenvalue weighted by Gasteiger charge is 2.35. The molecule has 0 fully saturated rings. The van der Waals surface area contributed by atoms with Gasteiger partial charge in [-0.15, -0.1) is 0 Å². The van der Waals surface area contributed by atoms with E-state index in [0.717, 1.165) is 17.2 Å². The lowest BCUT2D eigenvalue weighted by atomic mass is 9.94. The Labute approximate surface area is 126 Å². The number of rotatable bonds is 2. The van der Waals surface area contributed by atoms with Gasteiger partial charge >= 0.3 is 6.18 Å². The van der Waals surface area contributed by atoms with Crippen molar-refractivity contribution in [1.82, 2.24) is 0 Å². The van der Waals surface area contributed by atoms with Crippen molar-refractivity contribution < 1.29 is 18.3 Å². The minimum Gasteiger partial charge on any atom is -0.384 e. The van der Waals surface area contributed by atoms with Gasteiger partial charge in [0, 0.05) is 10.6 Å². The second-order valence-corrected chi connectivity index (χ2v) is 5.35. The molecule has 0 aliphatic rings. The van der Waals surface area contributed by atoms with Crippen LogP contribution in [0, 0.1) is 13.8 Å². The van der Waals surface area contributed by atoms with Gasteiger partial charge in [-0.3, -0.25) is 0 Å². The van der Waals surface area contributed by atoms with Crippen LogP contribution in [0.4, 0.5) is 13.2 Å². The van der Waals surface area contributed by atoms with Gasteiger partial charge in [-0.05, 0) is 42.7 Å². The van der Waals surface area contributed by atoms with Crippen molar-refractivity contribution >= 4 is 11.6 Å². The van der Waals surface area contributed by atoms with Gasteiger partial charge < -0.3 is 5.11 Å². The predicted octanol–water partition coefficient (Wildman–Crippen LogP) is 5.06. The summed E-state index contributed by atoms with van der Waals surface area (Å²) in [6, 6.07) is 8.23. The first-order valence-corrected chi connectivity index (χ1v) is 6.70. The van der Waals surface area contributed by atoms with Gasteiger partial charge in [-0.2, -0.15) is 13.2 Å². The first-order chi connectivity index (χ1) is 9.71. The van der Waals surface area contributed by atoms with Crippen LogP contribution in [-0.2, 0) is 6.18 Å². The van der Waals surface area contributed by atoms with Crippen molar-refractivity contribution in [3.8, 4) is 0 Å². The Morgan fingerprint density at radius 1 is 1.00 bits per heavy atom. The minimum atomic E-state index is -4.52. The molecule has 0 saturated heterocycles. The van der Waals surface area contributed by atoms with Crippen LogP contribution >= 0.6 is 11.6 Å². The third-order valence-electron chi connectivity index (χ3n) is 3.47. The molecule has 5 heteroatoms. The summed E-state index contributed by atoms with van der Waals surface area (Å²) in [7, 11) is 0. The van der Waals surface area contributed by atoms with Crippen LogP contribution < -0.4 is 0 Å². The van der Waals surface area contributed by atoms with Crippen molar-refractivity contribution in [2.45, 2.75) is 26.1 Å². The molecule has 2 rings (SSSR count). The third-order valence-corrected chi connectivity index (χ3v) is 3.80. The van der Waals surface area contributed by atoms with E-state index >= 15 is 0 Å². The largest absolute Gasteiger partial charge is 0.416 e. The Balaban J connectivity index is 2.56. The topological polar surface area (TPSA) is 20.2 Å². The van der Waals surface area contributed by atoms with E-state index in [1.54, 1.807) is 12.1 Å². The summed E-state index contributed by atoms with van der Waals surface area (Å²) in [5.74, 6) is 0. The van der Waals surface area contributed by atoms with Crippen LogP contribution in [-0.4, -0.2) is 5.11 Å². The lowest BCUT2D eigenvalue weighted by Crippen LogP contribution is -2.13. The second kappa shape index (κ2) is 5.70. The molecule has 112 valence electrons. The van der Waals surface area contributed by atoms with E-state index in [1.165, 1.54) is 18.2 Å². The average Bonchev–Trinajstić information content (AvgIpc) is 2.41. The summed E-state index contributed by atoms with van der Waals surface area (Å²) in [5.41, 5.74) is 0.997. The first kappa shape index (κ1) is 15.9. The van der Waals surface area contributed by atoms with Crippen molar-refractivity contribution in [3.63, 3.8) is 0 Å². The third kappa shape index (κ3) is 3.22. The van der Waals surface area contributed by atoms with Gasteiger partial charge in [0.05, 0.1) is 5.56 Å². The van der Waals surface area contributed by atoms with Crippen LogP contribution in [0.5, 0.6) is 0 Å². The number of alkyl halides is 3. The maximum absolute atomic E-state index is 13.0. The average molecular weight is 315 g/mol. The maximum Gasteiger partial charge on any atom is 0.416 e. The Morgan fingerprint density at radius 3 is 2.19 bits per heavy atom. The van der Waals surface area contributed by atoms with Crippen molar-refractivity contribution in [3.05, 3.63) is 69.2 Å². The molecule has 2 aromatic carbocycles. The predicted molar refractivity (Wildman–Crippen MR) is 76.4 cm³/mol. The molecule has 2 aromatic rings. The van der Waals surface area contributed by atoms with E-state index in [2.05, 4.69) is 0 Å². The summed E-state index contributed by atoms with van der Waals surface area (Å²) in [4.78, 5) is 0. The molecule has 1 atom stereocenters. The number of benzene rings is 2. The number of hydrogen-bond acceptors (Lipinski definition) is 1. The summed E-state index contributed by atoms with van der Waals surface area (Å²) in [5, 5.41) is 10.6. The second-order valence-electron chi connectivity index (χ2n) is 4.95. The zero-order chi connectivity index (χ0) is 15.8. The minimum absolute atomic E-state index is 0.199. The fourth-order valence-corrected chi connectivity index (χ4v) is 2.50. The van der Waals surface area contributed by atoms with Crippen LogP contribution in [0.1, 0.15) is 33.9 Å². The normalized spacial score (nSPS) is 13.3. The summed E-state index contributed by atoms with van der Waals surface area (Å²) in [6.45, 7) is 3.67. The Hall–Kier alpha value is -1.52. The zero-order valence-electron chi connectivity index (χ0n) is 11.5. The SMILES string of the molecule is Cc1cc(Cl)c(C(O)c2ccccc2C(F)(F)F)cc1C. The van der Waals surface area contributed by atoms with E-state index in [-0.39, 0.29) is 16.1 Å². The van der Waals surface area contributed by atoms with Gasteiger partial charge in [0.25, 0.3) is 0 Å². The molecule has 0 aromatic heterocycles. The fourth-order valence-electron chi connectivity index (χ4n) is 2.17. The molecule has 21 heavy (non-hydrogen) atoms. The highest BCUT2D eigenvalue weighted by Crippen LogP contribution is 2.38. The molecular formula is C16H14ClF3O. The van der Waals surface area contributed by atoms with Gasteiger partial charge in [0.15, 0.2) is 0 Å². The molecule has 0 aliphatic carbocycles. The first-order valence-electron chi connectivity index (χ1n) is 6.32. The molecule has 0 saturated carbocycles. The van der Waals surface area contributed by atoms with E-state index in [9.17, 15) is 18.3 Å². The number of hydrogen-bond donors (Lipinski definition) is 1. The van der Waals surface area contributed by atoms with Crippen LogP contribution in [0.2, 0.25) is 5.02 Å². The van der Waals surface area contributed by atoms with Gasteiger partial charge in [-0.1, -0.05) is 35.9 Å². The molecule has 0 amide bonds. The maximum atomic E-state index is 13.0. The fraction of sp³-hybridized carbons (Fsp3) is 0.250. The molecule has 0 bridgehead atoms. The highest BCUT2D eigenvalue weighted by atomic mass is 35.5. The van der Waals surface area contributed by atoms with E-state index in [1.807, 2.05) is 13.8 Å². The Morgan fingerprint density at radius 2 is 1.57 bits per heavy atom. The monoisotopic (exact) mass is 314 g/mol. The summed E-state index contributed by atoms with van der Waals surface area (Å²) < 4.78 is 39.1.